The molecule has 0 saturated heterocycles. The van der Waals surface area contributed by atoms with Gasteiger partial charge in [0, 0.05) is 71.4 Å². The summed E-state index contributed by atoms with van der Waals surface area (Å²) in [6, 6.07) is 12.0. The predicted molar refractivity (Wildman–Crippen MR) is 340 cm³/mol. The van der Waals surface area contributed by atoms with E-state index in [1.165, 1.54) is 70.0 Å². The van der Waals surface area contributed by atoms with Crippen molar-refractivity contribution in [2.24, 2.45) is 23.5 Å². The first kappa shape index (κ1) is 65.3. The summed E-state index contributed by atoms with van der Waals surface area (Å²) in [4.78, 5) is 140. The minimum absolute atomic E-state index is 0.0186. The van der Waals surface area contributed by atoms with E-state index in [2.05, 4.69) is 43.4 Å². The van der Waals surface area contributed by atoms with Crippen molar-refractivity contribution < 1.29 is 53.3 Å². The van der Waals surface area contributed by atoms with Crippen LogP contribution in [-0.4, -0.2) is 120 Å². The molecule has 1 aromatic carbocycles. The normalized spacial score (nSPS) is 14.6. The van der Waals surface area contributed by atoms with Gasteiger partial charge in [0.05, 0.1) is 53.2 Å². The molecule has 9 rings (SSSR count). The molecule has 0 spiro atoms. The molecule has 8 aromatic rings. The van der Waals surface area contributed by atoms with Gasteiger partial charge in [0.15, 0.2) is 0 Å². The van der Waals surface area contributed by atoms with Crippen molar-refractivity contribution in [2.45, 2.75) is 97.2 Å². The number of carbonyl (C=O) groups is 8. The van der Waals surface area contributed by atoms with E-state index < -0.39 is 71.9 Å². The predicted octanol–water partition coefficient (Wildman–Crippen LogP) is 8.77. The number of carbonyl (C=O) groups excluding carboxylic acids is 6. The highest BCUT2D eigenvalue weighted by atomic mass is 32.1. The van der Waals surface area contributed by atoms with Crippen molar-refractivity contribution in [1.82, 2.24) is 56.2 Å². The third-order valence-electron chi connectivity index (χ3n) is 14.4. The van der Waals surface area contributed by atoms with Gasteiger partial charge in [-0.15, -0.1) is 68.0 Å². The number of hydrogen-bond acceptors (Lipinski definition) is 22. The quantitative estimate of drug-likeness (QED) is 0.0241. The summed E-state index contributed by atoms with van der Waals surface area (Å²) in [7, 11) is 2.93. The molecule has 89 heavy (non-hydrogen) atoms. The Balaban J connectivity index is 0.990. The number of nitrogens with one attached hydrogen (secondary N) is 4. The number of hydrogen-bond donors (Lipinski definition) is 7. The molecule has 0 aliphatic heterocycles. The number of carboxylic acids is 2. The number of ether oxygens (including phenoxy) is 1. The molecule has 0 radical (unpaired) electrons. The van der Waals surface area contributed by atoms with Crippen LogP contribution in [0.4, 0.5) is 5.82 Å². The average molecular weight is 1320 g/mol. The molecule has 30 heteroatoms. The van der Waals surface area contributed by atoms with Crippen LogP contribution in [0.3, 0.4) is 0 Å². The first-order chi connectivity index (χ1) is 42.8. The van der Waals surface area contributed by atoms with Gasteiger partial charge in [-0.05, 0) is 69.1 Å². The van der Waals surface area contributed by atoms with Gasteiger partial charge < -0.3 is 42.0 Å². The number of methoxy groups -OCH3 is 1. The topological polar surface area (TPSA) is 354 Å². The molecule has 8 N–H and O–H groups in total. The van der Waals surface area contributed by atoms with Gasteiger partial charge in [-0.2, -0.15) is 0 Å². The summed E-state index contributed by atoms with van der Waals surface area (Å²) < 4.78 is 5.32. The monoisotopic (exact) mass is 1320 g/mol. The second-order valence-electron chi connectivity index (χ2n) is 21.1. The van der Waals surface area contributed by atoms with Crippen LogP contribution >= 0.6 is 68.0 Å². The van der Waals surface area contributed by atoms with Crippen LogP contribution < -0.4 is 31.9 Å². The lowest BCUT2D eigenvalue weighted by Crippen LogP contribution is -2.39. The second-order valence-corrected chi connectivity index (χ2v) is 27.0. The van der Waals surface area contributed by atoms with Gasteiger partial charge in [-0.3, -0.25) is 43.3 Å². The fraction of sp³-hybridized carbons (Fsp3) is 0.373. The number of amides is 6. The maximum Gasteiger partial charge on any atom is 0.306 e. The number of rotatable bonds is 28. The Labute approximate surface area is 534 Å². The Hall–Kier alpha value is -8.13. The molecule has 1 aliphatic carbocycles. The SMILES string of the molecule is CNC(=O)C[C@H](NC(=O)c1csc(-c2ccc(-c3nc(N(CCCC(=O)O)C(=O)C4CCC(C(=O)O)CC4)cs3)nc2-c2csc(-c3csc(CCc4ccccc4)n3)n2)n1)c1nc(C(=O)NC(c2nc(C(=O)NCC(N)=O)c(COC)s2)C(C)C)c(C)s1. The molecular weight excluding hydrogens is 1260 g/mol. The van der Waals surface area contributed by atoms with Crippen LogP contribution in [0.25, 0.3) is 43.4 Å². The summed E-state index contributed by atoms with van der Waals surface area (Å²) in [5.74, 6) is -6.00. The van der Waals surface area contributed by atoms with E-state index in [-0.39, 0.29) is 66.3 Å². The molecule has 1 aliphatic rings. The molecule has 7 heterocycles. The maximum absolute atomic E-state index is 14.4. The molecule has 2 atom stereocenters. The van der Waals surface area contributed by atoms with E-state index in [1.807, 2.05) is 42.8 Å². The first-order valence-corrected chi connectivity index (χ1v) is 33.4. The maximum atomic E-state index is 14.4. The number of thiazole rings is 6. The van der Waals surface area contributed by atoms with Crippen LogP contribution in [-0.2, 0) is 48.2 Å². The largest absolute Gasteiger partial charge is 0.481 e. The van der Waals surface area contributed by atoms with Gasteiger partial charge >= 0.3 is 11.9 Å². The lowest BCUT2D eigenvalue weighted by atomic mass is 9.81. The zero-order valence-corrected chi connectivity index (χ0v) is 53.8. The number of nitrogens with zero attached hydrogens (tertiary/aromatic N) is 8. The summed E-state index contributed by atoms with van der Waals surface area (Å²) in [6.45, 7) is 5.17. The Kier molecular flexibility index (Phi) is 22.0. The summed E-state index contributed by atoms with van der Waals surface area (Å²) in [6.07, 6.45) is 2.81. The third kappa shape index (κ3) is 16.4. The standard InChI is InChI=1S/C59H63N13O11S6/c1-29(2)46(57-71-49(40(89-57)24-83-5)51(78)62-23-41(60)73)69-52(79)47-30(3)88-56(70-47)36(22-43(74)61-4)65-50(77)38-26-85-53(67-38)34-18-19-35(64-48(34)37-25-86-55(66-37)39-27-84-44(63-39)20-13-31-10-7-6-8-11-31)54-68-42(28-87-54)72(21-9-12-45(75)76)58(80)32-14-16-33(17-15-32)59(81)82/h6-8,10-11,18-19,25-29,32-33,36,46H,9,12-17,20-24H2,1-5H3,(H2,60,73)(H,61,74)(H,62,78)(H,65,77)(H,69,79)(H,75,76)(H,81,82)/t32?,33?,36-,46?/m0/s1. The fourth-order valence-electron chi connectivity index (χ4n) is 9.79. The van der Waals surface area contributed by atoms with E-state index in [4.69, 9.17) is 35.4 Å². The van der Waals surface area contributed by atoms with Crippen molar-refractivity contribution in [3.8, 4) is 43.4 Å². The number of carboxylic acid groups (broad SMARTS) is 2. The van der Waals surface area contributed by atoms with Crippen molar-refractivity contribution >= 4 is 121 Å². The van der Waals surface area contributed by atoms with Crippen molar-refractivity contribution in [3.05, 3.63) is 111 Å². The molecular formula is C59H63N13O11S6. The fourth-order valence-corrected chi connectivity index (χ4v) is 15.2. The number of nitrogens with two attached hydrogens (primary N) is 1. The number of primary amides is 1. The minimum atomic E-state index is -1.01. The highest BCUT2D eigenvalue weighted by molar-refractivity contribution is 7.15. The molecule has 6 amide bonds. The molecule has 7 aromatic heterocycles. The van der Waals surface area contributed by atoms with Crippen molar-refractivity contribution in [1.29, 1.82) is 0 Å². The Bertz CT molecular complexity index is 3880. The van der Waals surface area contributed by atoms with Gasteiger partial charge in [-0.1, -0.05) is 44.2 Å². The summed E-state index contributed by atoms with van der Waals surface area (Å²) >= 11 is 7.66. The van der Waals surface area contributed by atoms with E-state index >= 15 is 0 Å². The summed E-state index contributed by atoms with van der Waals surface area (Å²) in [5, 5.41) is 40.4. The number of anilines is 1. The number of aromatic nitrogens is 7. The lowest BCUT2D eigenvalue weighted by molar-refractivity contribution is -0.144. The summed E-state index contributed by atoms with van der Waals surface area (Å²) in [5.41, 5.74) is 9.11. The number of aryl methyl sites for hydroxylation is 3. The molecule has 466 valence electrons. The Morgan fingerprint density at radius 2 is 1.43 bits per heavy atom. The molecule has 1 unspecified atom stereocenters. The molecule has 1 fully saturated rings. The highest BCUT2D eigenvalue weighted by Crippen LogP contribution is 2.40. The first-order valence-electron chi connectivity index (χ1n) is 28.2. The Morgan fingerprint density at radius 3 is 2.13 bits per heavy atom. The molecule has 0 bridgehead atoms. The van der Waals surface area contributed by atoms with Crippen LogP contribution in [0.5, 0.6) is 0 Å². The van der Waals surface area contributed by atoms with Gasteiger partial charge in [0.1, 0.15) is 65.0 Å². The van der Waals surface area contributed by atoms with E-state index in [1.54, 1.807) is 41.2 Å². The van der Waals surface area contributed by atoms with E-state index in [0.29, 0.717) is 89.6 Å². The Morgan fingerprint density at radius 1 is 0.719 bits per heavy atom. The third-order valence-corrected chi connectivity index (χ3v) is 20.1. The van der Waals surface area contributed by atoms with Crippen LogP contribution in [0, 0.1) is 24.7 Å². The zero-order chi connectivity index (χ0) is 63.5. The van der Waals surface area contributed by atoms with Gasteiger partial charge in [-0.25, -0.2) is 34.9 Å². The minimum Gasteiger partial charge on any atom is -0.481 e. The van der Waals surface area contributed by atoms with E-state index in [9.17, 15) is 48.6 Å². The smallest absolute Gasteiger partial charge is 0.306 e. The zero-order valence-electron chi connectivity index (χ0n) is 48.9. The average Bonchev–Trinajstić information content (AvgIpc) is 2.47. The van der Waals surface area contributed by atoms with Crippen molar-refractivity contribution in [2.75, 3.05) is 32.1 Å². The molecule has 1 saturated carbocycles. The highest BCUT2D eigenvalue weighted by Gasteiger charge is 2.35. The second kappa shape index (κ2) is 29.9. The molecule has 24 nitrogen and oxygen atoms in total. The van der Waals surface area contributed by atoms with Crippen LogP contribution in [0.1, 0.15) is 133 Å². The van der Waals surface area contributed by atoms with Crippen LogP contribution in [0.2, 0.25) is 0 Å². The van der Waals surface area contributed by atoms with E-state index in [0.717, 1.165) is 29.2 Å². The van der Waals surface area contributed by atoms with Crippen LogP contribution in [0.15, 0.2) is 64.0 Å². The van der Waals surface area contributed by atoms with Gasteiger partial charge in [0.25, 0.3) is 17.7 Å². The van der Waals surface area contributed by atoms with Gasteiger partial charge in [0.2, 0.25) is 17.7 Å². The van der Waals surface area contributed by atoms with Crippen molar-refractivity contribution in [3.63, 3.8) is 0 Å². The lowest BCUT2D eigenvalue weighted by Gasteiger charge is -2.30. The number of benzene rings is 1. The number of aliphatic carboxylic acids is 2. The number of pyridine rings is 1.